The van der Waals surface area contributed by atoms with E-state index in [0.29, 0.717) is 18.0 Å². The van der Waals surface area contributed by atoms with E-state index in [4.69, 9.17) is 11.6 Å². The van der Waals surface area contributed by atoms with Crippen LogP contribution in [0.2, 0.25) is 0 Å². The summed E-state index contributed by atoms with van der Waals surface area (Å²) < 4.78 is 0. The van der Waals surface area contributed by atoms with Gasteiger partial charge >= 0.3 is 0 Å². The molecule has 1 aliphatic heterocycles. The van der Waals surface area contributed by atoms with Crippen LogP contribution in [0.3, 0.4) is 0 Å². The first kappa shape index (κ1) is 11.4. The van der Waals surface area contributed by atoms with Crippen molar-refractivity contribution in [2.45, 2.75) is 18.7 Å². The number of pyridine rings is 1. The van der Waals surface area contributed by atoms with Crippen molar-refractivity contribution in [2.24, 2.45) is 5.92 Å². The van der Waals surface area contributed by atoms with Crippen molar-refractivity contribution >= 4 is 17.5 Å². The van der Waals surface area contributed by atoms with E-state index in [2.05, 4.69) is 11.9 Å². The zero-order valence-electron chi connectivity index (χ0n) is 9.27. The van der Waals surface area contributed by atoms with Crippen LogP contribution in [-0.2, 0) is 0 Å². The minimum atomic E-state index is 0.0330. The fraction of sp³-hybridized carbons (Fsp3) is 0.500. The maximum Gasteiger partial charge on any atom is 0.255 e. The average Bonchev–Trinajstić information content (AvgIpc) is 2.33. The maximum atomic E-state index is 12.1. The summed E-state index contributed by atoms with van der Waals surface area (Å²) in [5.74, 6) is 0.519. The van der Waals surface area contributed by atoms with E-state index in [1.807, 2.05) is 4.90 Å². The van der Waals surface area contributed by atoms with Crippen molar-refractivity contribution in [3.63, 3.8) is 0 Å². The molecule has 0 bridgehead atoms. The van der Waals surface area contributed by atoms with Gasteiger partial charge in [0.2, 0.25) is 0 Å². The lowest BCUT2D eigenvalue weighted by atomic mass is 9.98. The Morgan fingerprint density at radius 2 is 2.44 bits per heavy atom. The smallest absolute Gasteiger partial charge is 0.255 e. The summed E-state index contributed by atoms with van der Waals surface area (Å²) in [5.41, 5.74) is 0.640. The molecule has 2 rings (SSSR count). The van der Waals surface area contributed by atoms with Gasteiger partial charge in [-0.25, -0.2) is 0 Å². The van der Waals surface area contributed by atoms with E-state index >= 15 is 0 Å². The summed E-state index contributed by atoms with van der Waals surface area (Å²) in [5, 5.41) is 0.0642. The standard InChI is InChI=1S/C12H15ClN2O/c1-9-4-6-15(8-11(9)13)12(16)10-3-2-5-14-7-10/h2-3,5,7,9,11H,4,6,8H2,1H3. The first-order chi connectivity index (χ1) is 7.68. The predicted molar refractivity (Wildman–Crippen MR) is 63.6 cm³/mol. The third-order valence-corrected chi connectivity index (χ3v) is 3.63. The van der Waals surface area contributed by atoms with E-state index in [9.17, 15) is 4.79 Å². The van der Waals surface area contributed by atoms with Crippen LogP contribution in [0.1, 0.15) is 23.7 Å². The molecule has 0 saturated carbocycles. The molecule has 2 heterocycles. The van der Waals surface area contributed by atoms with Crippen LogP contribution in [-0.4, -0.2) is 34.3 Å². The largest absolute Gasteiger partial charge is 0.337 e. The highest BCUT2D eigenvalue weighted by Crippen LogP contribution is 2.22. The molecule has 1 saturated heterocycles. The molecular formula is C12H15ClN2O. The van der Waals surface area contributed by atoms with Crippen molar-refractivity contribution in [1.29, 1.82) is 0 Å². The lowest BCUT2D eigenvalue weighted by Crippen LogP contribution is -2.43. The number of likely N-dealkylation sites (tertiary alicyclic amines) is 1. The van der Waals surface area contributed by atoms with Crippen LogP contribution >= 0.6 is 11.6 Å². The van der Waals surface area contributed by atoms with Crippen molar-refractivity contribution < 1.29 is 4.79 Å². The molecule has 0 aliphatic carbocycles. The Kier molecular flexibility index (Phi) is 3.44. The summed E-state index contributed by atoms with van der Waals surface area (Å²) in [6.07, 6.45) is 4.24. The van der Waals surface area contributed by atoms with Crippen LogP contribution in [0.15, 0.2) is 24.5 Å². The fourth-order valence-corrected chi connectivity index (χ4v) is 2.17. The number of nitrogens with zero attached hydrogens (tertiary/aromatic N) is 2. The Labute approximate surface area is 100 Å². The van der Waals surface area contributed by atoms with E-state index in [1.165, 1.54) is 0 Å². The first-order valence-electron chi connectivity index (χ1n) is 5.52. The number of piperidine rings is 1. The summed E-state index contributed by atoms with van der Waals surface area (Å²) in [6.45, 7) is 3.55. The SMILES string of the molecule is CC1CCN(C(=O)c2cccnc2)CC1Cl. The first-order valence-corrected chi connectivity index (χ1v) is 5.95. The molecule has 0 radical (unpaired) electrons. The highest BCUT2D eigenvalue weighted by Gasteiger charge is 2.27. The van der Waals surface area contributed by atoms with Crippen LogP contribution < -0.4 is 0 Å². The Bertz CT molecular complexity index is 369. The summed E-state index contributed by atoms with van der Waals surface area (Å²) in [6, 6.07) is 3.56. The van der Waals surface area contributed by atoms with E-state index < -0.39 is 0 Å². The zero-order valence-corrected chi connectivity index (χ0v) is 10.0. The molecule has 2 unspecified atom stereocenters. The van der Waals surface area contributed by atoms with Gasteiger partial charge in [0.25, 0.3) is 5.91 Å². The molecule has 0 aromatic carbocycles. The highest BCUT2D eigenvalue weighted by atomic mass is 35.5. The quantitative estimate of drug-likeness (QED) is 0.703. The average molecular weight is 239 g/mol. The van der Waals surface area contributed by atoms with Gasteiger partial charge in [-0.2, -0.15) is 0 Å². The highest BCUT2D eigenvalue weighted by molar-refractivity contribution is 6.21. The molecule has 2 atom stereocenters. The second-order valence-corrected chi connectivity index (χ2v) is 4.84. The molecule has 1 aromatic heterocycles. The maximum absolute atomic E-state index is 12.1. The number of hydrogen-bond acceptors (Lipinski definition) is 2. The van der Waals surface area contributed by atoms with E-state index in [-0.39, 0.29) is 11.3 Å². The molecule has 86 valence electrons. The molecule has 3 nitrogen and oxygen atoms in total. The Morgan fingerprint density at radius 1 is 1.62 bits per heavy atom. The minimum absolute atomic E-state index is 0.0330. The number of halogens is 1. The number of carbonyl (C=O) groups is 1. The lowest BCUT2D eigenvalue weighted by molar-refractivity contribution is 0.0701. The van der Waals surface area contributed by atoms with Gasteiger partial charge in [-0.1, -0.05) is 6.92 Å². The van der Waals surface area contributed by atoms with Crippen LogP contribution in [0.25, 0.3) is 0 Å². The molecule has 16 heavy (non-hydrogen) atoms. The second kappa shape index (κ2) is 4.83. The van der Waals surface area contributed by atoms with Crippen LogP contribution in [0, 0.1) is 5.92 Å². The van der Waals surface area contributed by atoms with Crippen LogP contribution in [0.4, 0.5) is 0 Å². The molecule has 4 heteroatoms. The van der Waals surface area contributed by atoms with E-state index in [0.717, 1.165) is 13.0 Å². The fourth-order valence-electron chi connectivity index (χ4n) is 1.88. The third kappa shape index (κ3) is 2.35. The van der Waals surface area contributed by atoms with Crippen molar-refractivity contribution in [3.05, 3.63) is 30.1 Å². The summed E-state index contributed by atoms with van der Waals surface area (Å²) in [7, 11) is 0. The van der Waals surface area contributed by atoms with Gasteiger partial charge in [0, 0.05) is 25.5 Å². The van der Waals surface area contributed by atoms with Gasteiger partial charge in [0.1, 0.15) is 0 Å². The monoisotopic (exact) mass is 238 g/mol. The molecule has 0 spiro atoms. The number of hydrogen-bond donors (Lipinski definition) is 0. The van der Waals surface area contributed by atoms with Crippen LogP contribution in [0.5, 0.6) is 0 Å². The van der Waals surface area contributed by atoms with Crippen molar-refractivity contribution in [2.75, 3.05) is 13.1 Å². The van der Waals surface area contributed by atoms with Gasteiger partial charge in [-0.15, -0.1) is 11.6 Å². The summed E-state index contributed by atoms with van der Waals surface area (Å²) in [4.78, 5) is 17.8. The zero-order chi connectivity index (χ0) is 11.5. The number of amides is 1. The molecule has 1 fully saturated rings. The van der Waals surface area contributed by atoms with Gasteiger partial charge in [-0.05, 0) is 24.5 Å². The molecule has 1 aliphatic rings. The number of rotatable bonds is 1. The van der Waals surface area contributed by atoms with Gasteiger partial charge in [0.15, 0.2) is 0 Å². The Balaban J connectivity index is 2.06. The lowest BCUT2D eigenvalue weighted by Gasteiger charge is -2.33. The Hall–Kier alpha value is -1.09. The molecule has 0 N–H and O–H groups in total. The molecule has 1 amide bonds. The minimum Gasteiger partial charge on any atom is -0.337 e. The molecule has 1 aromatic rings. The van der Waals surface area contributed by atoms with Crippen molar-refractivity contribution in [1.82, 2.24) is 9.88 Å². The predicted octanol–water partition coefficient (Wildman–Crippen LogP) is 2.17. The Morgan fingerprint density at radius 3 is 3.06 bits per heavy atom. The second-order valence-electron chi connectivity index (χ2n) is 4.27. The summed E-state index contributed by atoms with van der Waals surface area (Å²) >= 11 is 6.18. The normalized spacial score (nSPS) is 25.5. The molecular weight excluding hydrogens is 224 g/mol. The van der Waals surface area contributed by atoms with E-state index in [1.54, 1.807) is 24.5 Å². The number of carbonyl (C=O) groups excluding carboxylic acids is 1. The van der Waals surface area contributed by atoms with Gasteiger partial charge in [0.05, 0.1) is 10.9 Å². The van der Waals surface area contributed by atoms with Crippen molar-refractivity contribution in [3.8, 4) is 0 Å². The number of alkyl halides is 1. The third-order valence-electron chi connectivity index (χ3n) is 3.06. The topological polar surface area (TPSA) is 33.2 Å². The van der Waals surface area contributed by atoms with Gasteiger partial charge in [-0.3, -0.25) is 9.78 Å². The van der Waals surface area contributed by atoms with Gasteiger partial charge < -0.3 is 4.90 Å². The number of aromatic nitrogens is 1.